The average Bonchev–Trinajstić information content (AvgIpc) is 2.89. The second-order valence-corrected chi connectivity index (χ2v) is 5.79. The number of anilines is 1. The van der Waals surface area contributed by atoms with Crippen LogP contribution >= 0.6 is 23.1 Å². The number of ether oxygens (including phenoxy) is 1. The van der Waals surface area contributed by atoms with Crippen molar-refractivity contribution >= 4 is 34.1 Å². The van der Waals surface area contributed by atoms with E-state index in [0.717, 1.165) is 22.9 Å². The second-order valence-electron chi connectivity index (χ2n) is 3.30. The van der Waals surface area contributed by atoms with E-state index in [1.807, 2.05) is 0 Å². The first-order valence-corrected chi connectivity index (χ1v) is 6.98. The first-order valence-electron chi connectivity index (χ1n) is 5.18. The molecular formula is C9H13N3O2S2. The molecule has 1 aliphatic rings. The molecule has 0 saturated carbocycles. The van der Waals surface area contributed by atoms with E-state index in [2.05, 4.69) is 22.4 Å². The molecule has 1 fully saturated rings. The zero-order valence-corrected chi connectivity index (χ0v) is 10.6. The SMILES string of the molecule is CCSc1nnc(NC(=O)C2CCCO2)s1. The molecule has 0 aliphatic carbocycles. The van der Waals surface area contributed by atoms with Gasteiger partial charge >= 0.3 is 0 Å². The van der Waals surface area contributed by atoms with Crippen molar-refractivity contribution in [2.24, 2.45) is 0 Å². The van der Waals surface area contributed by atoms with Gasteiger partial charge in [-0.25, -0.2) is 0 Å². The summed E-state index contributed by atoms with van der Waals surface area (Å²) in [5, 5.41) is 11.2. The number of carbonyl (C=O) groups is 1. The van der Waals surface area contributed by atoms with Crippen molar-refractivity contribution in [2.45, 2.75) is 30.2 Å². The lowest BCUT2D eigenvalue weighted by Gasteiger charge is -2.06. The maximum atomic E-state index is 11.7. The molecule has 0 bridgehead atoms. The third kappa shape index (κ3) is 2.93. The lowest BCUT2D eigenvalue weighted by Crippen LogP contribution is -2.26. The van der Waals surface area contributed by atoms with Crippen LogP contribution in [0, 0.1) is 0 Å². The van der Waals surface area contributed by atoms with Gasteiger partial charge in [0.05, 0.1) is 0 Å². The van der Waals surface area contributed by atoms with Crippen LogP contribution in [0.25, 0.3) is 0 Å². The molecule has 1 aromatic heterocycles. The van der Waals surface area contributed by atoms with E-state index in [9.17, 15) is 4.79 Å². The molecule has 1 atom stereocenters. The van der Waals surface area contributed by atoms with Crippen molar-refractivity contribution in [3.63, 3.8) is 0 Å². The number of nitrogens with one attached hydrogen (secondary N) is 1. The number of nitrogens with zero attached hydrogens (tertiary/aromatic N) is 2. The first-order chi connectivity index (χ1) is 7.79. The number of hydrogen-bond acceptors (Lipinski definition) is 6. The van der Waals surface area contributed by atoms with Crippen LogP contribution in [0.3, 0.4) is 0 Å². The monoisotopic (exact) mass is 259 g/mol. The van der Waals surface area contributed by atoms with Gasteiger partial charge in [0, 0.05) is 6.61 Å². The minimum absolute atomic E-state index is 0.110. The molecular weight excluding hydrogens is 246 g/mol. The van der Waals surface area contributed by atoms with Gasteiger partial charge in [-0.05, 0) is 18.6 Å². The smallest absolute Gasteiger partial charge is 0.255 e. The highest BCUT2D eigenvalue weighted by molar-refractivity contribution is 8.01. The lowest BCUT2D eigenvalue weighted by molar-refractivity contribution is -0.124. The van der Waals surface area contributed by atoms with Gasteiger partial charge in [-0.1, -0.05) is 30.0 Å². The van der Waals surface area contributed by atoms with Crippen LogP contribution in [0.4, 0.5) is 5.13 Å². The summed E-state index contributed by atoms with van der Waals surface area (Å²) >= 11 is 3.02. The highest BCUT2D eigenvalue weighted by Gasteiger charge is 2.24. The van der Waals surface area contributed by atoms with Crippen LogP contribution in [0.5, 0.6) is 0 Å². The van der Waals surface area contributed by atoms with Crippen molar-refractivity contribution in [3.05, 3.63) is 0 Å². The van der Waals surface area contributed by atoms with Crippen LogP contribution in [-0.4, -0.2) is 34.6 Å². The summed E-state index contributed by atoms with van der Waals surface area (Å²) in [4.78, 5) is 11.7. The van der Waals surface area contributed by atoms with Crippen LogP contribution < -0.4 is 5.32 Å². The zero-order valence-electron chi connectivity index (χ0n) is 8.93. The molecule has 7 heteroatoms. The van der Waals surface area contributed by atoms with Crippen LogP contribution in [0.1, 0.15) is 19.8 Å². The van der Waals surface area contributed by atoms with E-state index >= 15 is 0 Å². The van der Waals surface area contributed by atoms with Gasteiger partial charge in [0.1, 0.15) is 6.10 Å². The van der Waals surface area contributed by atoms with Gasteiger partial charge < -0.3 is 4.74 Å². The molecule has 16 heavy (non-hydrogen) atoms. The van der Waals surface area contributed by atoms with Gasteiger partial charge in [-0.15, -0.1) is 10.2 Å². The standard InChI is InChI=1S/C9H13N3O2S2/c1-2-15-9-12-11-8(16-9)10-7(13)6-4-3-5-14-6/h6H,2-5H2,1H3,(H,10,11,13). The molecule has 1 aliphatic heterocycles. The molecule has 0 radical (unpaired) electrons. The molecule has 88 valence electrons. The topological polar surface area (TPSA) is 64.1 Å². The third-order valence-corrected chi connectivity index (χ3v) is 3.98. The van der Waals surface area contributed by atoms with Gasteiger partial charge in [-0.3, -0.25) is 10.1 Å². The Balaban J connectivity index is 1.89. The molecule has 5 nitrogen and oxygen atoms in total. The predicted octanol–water partition coefficient (Wildman–Crippen LogP) is 1.77. The summed E-state index contributed by atoms with van der Waals surface area (Å²) in [5.41, 5.74) is 0. The average molecular weight is 259 g/mol. The van der Waals surface area contributed by atoms with E-state index < -0.39 is 0 Å². The predicted molar refractivity (Wildman–Crippen MR) is 63.9 cm³/mol. The molecule has 1 aromatic rings. The van der Waals surface area contributed by atoms with Crippen LogP contribution in [0.2, 0.25) is 0 Å². The van der Waals surface area contributed by atoms with Crippen molar-refractivity contribution in [3.8, 4) is 0 Å². The van der Waals surface area contributed by atoms with E-state index in [1.165, 1.54) is 11.3 Å². The number of rotatable bonds is 4. The Hall–Kier alpha value is -0.660. The molecule has 1 unspecified atom stereocenters. The largest absolute Gasteiger partial charge is 0.368 e. The maximum Gasteiger partial charge on any atom is 0.255 e. The third-order valence-electron chi connectivity index (χ3n) is 2.13. The summed E-state index contributed by atoms with van der Waals surface area (Å²) in [6.45, 7) is 2.72. The Morgan fingerprint density at radius 1 is 1.69 bits per heavy atom. The maximum absolute atomic E-state index is 11.7. The minimum atomic E-state index is -0.314. The lowest BCUT2D eigenvalue weighted by atomic mass is 10.2. The summed E-state index contributed by atoms with van der Waals surface area (Å²) < 4.78 is 6.16. The van der Waals surface area contributed by atoms with Crippen molar-refractivity contribution in [1.82, 2.24) is 10.2 Å². The molecule has 2 heterocycles. The fraction of sp³-hybridized carbons (Fsp3) is 0.667. The zero-order chi connectivity index (χ0) is 11.4. The number of hydrogen-bond donors (Lipinski definition) is 1. The Kier molecular flexibility index (Phi) is 4.14. The minimum Gasteiger partial charge on any atom is -0.368 e. The highest BCUT2D eigenvalue weighted by Crippen LogP contribution is 2.25. The van der Waals surface area contributed by atoms with Crippen LogP contribution in [-0.2, 0) is 9.53 Å². The van der Waals surface area contributed by atoms with Gasteiger partial charge in [-0.2, -0.15) is 0 Å². The van der Waals surface area contributed by atoms with Gasteiger partial charge in [0.25, 0.3) is 5.91 Å². The first kappa shape index (κ1) is 11.8. The van der Waals surface area contributed by atoms with E-state index in [0.29, 0.717) is 11.7 Å². The molecule has 1 N–H and O–H groups in total. The number of amides is 1. The Morgan fingerprint density at radius 3 is 3.25 bits per heavy atom. The van der Waals surface area contributed by atoms with Gasteiger partial charge in [0.2, 0.25) is 5.13 Å². The van der Waals surface area contributed by atoms with Crippen molar-refractivity contribution in [2.75, 3.05) is 17.7 Å². The fourth-order valence-corrected chi connectivity index (χ4v) is 3.06. The Bertz CT molecular complexity index is 363. The number of aromatic nitrogens is 2. The molecule has 1 amide bonds. The highest BCUT2D eigenvalue weighted by atomic mass is 32.2. The van der Waals surface area contributed by atoms with Crippen LogP contribution in [0.15, 0.2) is 4.34 Å². The summed E-state index contributed by atoms with van der Waals surface area (Å²) in [6.07, 6.45) is 1.43. The molecule has 2 rings (SSSR count). The molecule has 0 aromatic carbocycles. The van der Waals surface area contributed by atoms with Crippen molar-refractivity contribution in [1.29, 1.82) is 0 Å². The molecule has 0 spiro atoms. The number of carbonyl (C=O) groups excluding carboxylic acids is 1. The van der Waals surface area contributed by atoms with Gasteiger partial charge in [0.15, 0.2) is 4.34 Å². The Labute approximate surface area is 102 Å². The van der Waals surface area contributed by atoms with Crippen molar-refractivity contribution < 1.29 is 9.53 Å². The fourth-order valence-electron chi connectivity index (χ4n) is 1.41. The quantitative estimate of drug-likeness (QED) is 0.659. The van der Waals surface area contributed by atoms with E-state index in [1.54, 1.807) is 11.8 Å². The number of thioether (sulfide) groups is 1. The summed E-state index contributed by atoms with van der Waals surface area (Å²) in [6, 6.07) is 0. The molecule has 1 saturated heterocycles. The van der Waals surface area contributed by atoms with E-state index in [-0.39, 0.29) is 12.0 Å². The normalized spacial score (nSPS) is 19.9. The summed E-state index contributed by atoms with van der Waals surface area (Å²) in [5.74, 6) is 0.843. The summed E-state index contributed by atoms with van der Waals surface area (Å²) in [7, 11) is 0. The second kappa shape index (κ2) is 5.60. The Morgan fingerprint density at radius 2 is 2.56 bits per heavy atom. The van der Waals surface area contributed by atoms with E-state index in [4.69, 9.17) is 4.74 Å².